The molecule has 2 aliphatic rings. The fraction of sp³-hybridized carbons (Fsp3) is 0.538. The summed E-state index contributed by atoms with van der Waals surface area (Å²) in [5.74, 6) is 0.887. The van der Waals surface area contributed by atoms with Crippen LogP contribution in [0.25, 0.3) is 0 Å². The molecule has 3 rings (SSSR count). The number of carboxylic acid groups (broad SMARTS) is 1. The van der Waals surface area contributed by atoms with E-state index in [1.807, 2.05) is 6.92 Å². The number of hydrogen-bond donors (Lipinski definition) is 1. The van der Waals surface area contributed by atoms with Gasteiger partial charge in [-0.15, -0.1) is 0 Å². The van der Waals surface area contributed by atoms with E-state index in [4.69, 9.17) is 5.11 Å². The van der Waals surface area contributed by atoms with Crippen LogP contribution in [0.5, 0.6) is 0 Å². The van der Waals surface area contributed by atoms with Gasteiger partial charge < -0.3 is 10.0 Å². The van der Waals surface area contributed by atoms with Gasteiger partial charge in [0.05, 0.1) is 5.56 Å². The van der Waals surface area contributed by atoms with Crippen LogP contribution in [0.1, 0.15) is 35.2 Å². The predicted molar refractivity (Wildman–Crippen MR) is 64.4 cm³/mol. The van der Waals surface area contributed by atoms with Gasteiger partial charge in [0.15, 0.2) is 0 Å². The molecule has 2 bridgehead atoms. The molecular weight excluding hydrogens is 216 g/mol. The molecule has 4 nitrogen and oxygen atoms in total. The van der Waals surface area contributed by atoms with Crippen LogP contribution in [0.4, 0.5) is 5.82 Å². The van der Waals surface area contributed by atoms with Gasteiger partial charge in [-0.05, 0) is 43.7 Å². The topological polar surface area (TPSA) is 53.4 Å². The predicted octanol–water partition coefficient (Wildman–Crippen LogP) is 2.08. The molecule has 2 heterocycles. The second-order valence-electron chi connectivity index (χ2n) is 5.15. The molecule has 1 saturated carbocycles. The summed E-state index contributed by atoms with van der Waals surface area (Å²) < 4.78 is 0. The van der Waals surface area contributed by atoms with Crippen LogP contribution in [-0.2, 0) is 0 Å². The smallest absolute Gasteiger partial charge is 0.337 e. The molecule has 0 radical (unpaired) electrons. The molecule has 1 saturated heterocycles. The lowest BCUT2D eigenvalue weighted by atomic mass is 10.1. The summed E-state index contributed by atoms with van der Waals surface area (Å²) in [7, 11) is 0. The van der Waals surface area contributed by atoms with Crippen molar-refractivity contribution in [3.8, 4) is 0 Å². The van der Waals surface area contributed by atoms with E-state index in [-0.39, 0.29) is 5.56 Å². The summed E-state index contributed by atoms with van der Waals surface area (Å²) in [6.45, 7) is 3.03. The number of aromatic nitrogens is 1. The molecule has 0 amide bonds. The molecule has 17 heavy (non-hydrogen) atoms. The van der Waals surface area contributed by atoms with Crippen molar-refractivity contribution in [3.05, 3.63) is 23.4 Å². The number of carbonyl (C=O) groups is 1. The first-order valence-electron chi connectivity index (χ1n) is 6.11. The van der Waals surface area contributed by atoms with Gasteiger partial charge in [0.1, 0.15) is 5.82 Å². The van der Waals surface area contributed by atoms with Crippen LogP contribution in [0.2, 0.25) is 0 Å². The highest BCUT2D eigenvalue weighted by molar-refractivity contribution is 5.87. The normalized spacial score (nSPS) is 26.5. The minimum Gasteiger partial charge on any atom is -0.478 e. The zero-order valence-electron chi connectivity index (χ0n) is 9.89. The van der Waals surface area contributed by atoms with Gasteiger partial charge in [0.2, 0.25) is 0 Å². The number of aromatic carboxylic acids is 1. The SMILES string of the molecule is Cc1cc(C(=O)O)cnc1N1CC2CCC1C2. The highest BCUT2D eigenvalue weighted by atomic mass is 16.4. The van der Waals surface area contributed by atoms with Crippen molar-refractivity contribution in [3.63, 3.8) is 0 Å². The number of carboxylic acids is 1. The van der Waals surface area contributed by atoms with Crippen molar-refractivity contribution >= 4 is 11.8 Å². The Kier molecular flexibility index (Phi) is 2.31. The summed E-state index contributed by atoms with van der Waals surface area (Å²) in [4.78, 5) is 17.6. The van der Waals surface area contributed by atoms with E-state index in [2.05, 4.69) is 9.88 Å². The van der Waals surface area contributed by atoms with E-state index < -0.39 is 5.97 Å². The van der Waals surface area contributed by atoms with Crippen LogP contribution in [0, 0.1) is 12.8 Å². The Labute approximate surface area is 100 Å². The van der Waals surface area contributed by atoms with E-state index in [0.717, 1.165) is 23.8 Å². The molecule has 90 valence electrons. The highest BCUT2D eigenvalue weighted by Crippen LogP contribution is 2.40. The maximum atomic E-state index is 10.9. The highest BCUT2D eigenvalue weighted by Gasteiger charge is 2.38. The molecule has 1 aliphatic carbocycles. The lowest BCUT2D eigenvalue weighted by Gasteiger charge is -2.29. The summed E-state index contributed by atoms with van der Waals surface area (Å²) in [6.07, 6.45) is 5.35. The van der Waals surface area contributed by atoms with Gasteiger partial charge in [0.25, 0.3) is 0 Å². The van der Waals surface area contributed by atoms with Gasteiger partial charge in [-0.25, -0.2) is 9.78 Å². The largest absolute Gasteiger partial charge is 0.478 e. The van der Waals surface area contributed by atoms with E-state index in [9.17, 15) is 4.79 Å². The Hall–Kier alpha value is -1.58. The van der Waals surface area contributed by atoms with E-state index in [0.29, 0.717) is 6.04 Å². The van der Waals surface area contributed by atoms with Crippen LogP contribution in [-0.4, -0.2) is 28.6 Å². The first kappa shape index (κ1) is 10.6. The van der Waals surface area contributed by atoms with Crippen molar-refractivity contribution in [2.24, 2.45) is 5.92 Å². The molecule has 1 aromatic heterocycles. The molecule has 2 fully saturated rings. The van der Waals surface area contributed by atoms with E-state index in [1.54, 1.807) is 6.07 Å². The Morgan fingerprint density at radius 2 is 2.35 bits per heavy atom. The number of piperidine rings is 1. The summed E-state index contributed by atoms with van der Waals surface area (Å²) in [6, 6.07) is 2.35. The van der Waals surface area contributed by atoms with E-state index >= 15 is 0 Å². The second-order valence-corrected chi connectivity index (χ2v) is 5.15. The Morgan fingerprint density at radius 1 is 1.53 bits per heavy atom. The van der Waals surface area contributed by atoms with Gasteiger partial charge in [-0.1, -0.05) is 0 Å². The Balaban J connectivity index is 1.91. The van der Waals surface area contributed by atoms with Gasteiger partial charge >= 0.3 is 5.97 Å². The molecule has 1 aromatic rings. The molecule has 2 atom stereocenters. The number of fused-ring (bicyclic) bond motifs is 2. The van der Waals surface area contributed by atoms with Crippen LogP contribution >= 0.6 is 0 Å². The second kappa shape index (κ2) is 3.72. The van der Waals surface area contributed by atoms with Crippen LogP contribution < -0.4 is 4.90 Å². The third-order valence-corrected chi connectivity index (χ3v) is 3.98. The molecule has 4 heteroatoms. The van der Waals surface area contributed by atoms with Crippen molar-refractivity contribution in [1.29, 1.82) is 0 Å². The molecule has 0 aromatic carbocycles. The minimum atomic E-state index is -0.907. The maximum absolute atomic E-state index is 10.9. The quantitative estimate of drug-likeness (QED) is 0.848. The van der Waals surface area contributed by atoms with Crippen LogP contribution in [0.15, 0.2) is 12.3 Å². The molecule has 1 N–H and O–H groups in total. The van der Waals surface area contributed by atoms with E-state index in [1.165, 1.54) is 25.5 Å². The fourth-order valence-corrected chi connectivity index (χ4v) is 3.17. The maximum Gasteiger partial charge on any atom is 0.337 e. The number of pyridine rings is 1. The number of rotatable bonds is 2. The van der Waals surface area contributed by atoms with Crippen LogP contribution in [0.3, 0.4) is 0 Å². The minimum absolute atomic E-state index is 0.274. The molecular formula is C13H16N2O2. The number of anilines is 1. The van der Waals surface area contributed by atoms with Crippen molar-refractivity contribution < 1.29 is 9.90 Å². The first-order valence-corrected chi connectivity index (χ1v) is 6.11. The summed E-state index contributed by atoms with van der Waals surface area (Å²) in [5, 5.41) is 8.92. The average Bonchev–Trinajstić information content (AvgIpc) is 2.90. The molecule has 0 spiro atoms. The standard InChI is InChI=1S/C13H16N2O2/c1-8-4-10(13(16)17)6-14-12(8)15-7-9-2-3-11(15)5-9/h4,6,9,11H,2-3,5,7H2,1H3,(H,16,17). The molecule has 2 unspecified atom stereocenters. The summed E-state index contributed by atoms with van der Waals surface area (Å²) >= 11 is 0. The number of nitrogens with zero attached hydrogens (tertiary/aromatic N) is 2. The van der Waals surface area contributed by atoms with Gasteiger partial charge in [-0.3, -0.25) is 0 Å². The zero-order valence-corrected chi connectivity index (χ0v) is 9.89. The lowest BCUT2D eigenvalue weighted by molar-refractivity contribution is 0.0696. The Bertz CT molecular complexity index is 472. The van der Waals surface area contributed by atoms with Crippen molar-refractivity contribution in [2.75, 3.05) is 11.4 Å². The summed E-state index contributed by atoms with van der Waals surface area (Å²) in [5.41, 5.74) is 1.24. The average molecular weight is 232 g/mol. The fourth-order valence-electron chi connectivity index (χ4n) is 3.17. The van der Waals surface area contributed by atoms with Crippen molar-refractivity contribution in [2.45, 2.75) is 32.2 Å². The first-order chi connectivity index (χ1) is 8.15. The third-order valence-electron chi connectivity index (χ3n) is 3.98. The number of hydrogen-bond acceptors (Lipinski definition) is 3. The third kappa shape index (κ3) is 1.68. The Morgan fingerprint density at radius 3 is 2.88 bits per heavy atom. The van der Waals surface area contributed by atoms with Crippen molar-refractivity contribution in [1.82, 2.24) is 4.98 Å². The molecule has 1 aliphatic heterocycles. The monoisotopic (exact) mass is 232 g/mol. The zero-order chi connectivity index (χ0) is 12.0. The number of aryl methyl sites for hydroxylation is 1. The van der Waals surface area contributed by atoms with Gasteiger partial charge in [-0.2, -0.15) is 0 Å². The van der Waals surface area contributed by atoms with Gasteiger partial charge in [0, 0.05) is 18.8 Å². The lowest BCUT2D eigenvalue weighted by Crippen LogP contribution is -2.33.